The van der Waals surface area contributed by atoms with Gasteiger partial charge in [0.25, 0.3) is 0 Å². The van der Waals surface area contributed by atoms with Crippen LogP contribution in [-0.2, 0) is 4.79 Å². The second kappa shape index (κ2) is 7.27. The minimum absolute atomic E-state index is 0.105. The van der Waals surface area contributed by atoms with Crippen molar-refractivity contribution in [2.24, 2.45) is 0 Å². The first-order valence-electron chi connectivity index (χ1n) is 7.57. The molecule has 8 heteroatoms. The van der Waals surface area contributed by atoms with Crippen molar-refractivity contribution in [2.75, 3.05) is 16.0 Å². The first-order chi connectivity index (χ1) is 12.0. The molecule has 128 valence electrons. The molecule has 3 rings (SSSR count). The summed E-state index contributed by atoms with van der Waals surface area (Å²) >= 11 is 1.32. The van der Waals surface area contributed by atoms with E-state index in [1.807, 2.05) is 0 Å². The van der Waals surface area contributed by atoms with Crippen LogP contribution in [0.25, 0.3) is 10.2 Å². The van der Waals surface area contributed by atoms with E-state index in [2.05, 4.69) is 20.9 Å². The first kappa shape index (κ1) is 16.8. The van der Waals surface area contributed by atoms with Crippen molar-refractivity contribution in [3.05, 3.63) is 48.3 Å². The molecule has 2 aromatic carbocycles. The van der Waals surface area contributed by atoms with Gasteiger partial charge in [-0.15, -0.1) is 0 Å². The van der Waals surface area contributed by atoms with E-state index in [4.69, 9.17) is 0 Å². The number of rotatable bonds is 4. The molecule has 0 aliphatic rings. The number of nitrogens with one attached hydrogen (secondary N) is 3. The Kier molecular flexibility index (Phi) is 4.90. The van der Waals surface area contributed by atoms with E-state index in [1.54, 1.807) is 31.2 Å². The number of carbonyl (C=O) groups is 2. The number of anilines is 3. The third kappa shape index (κ3) is 4.30. The van der Waals surface area contributed by atoms with Crippen LogP contribution >= 0.6 is 11.3 Å². The average molecular weight is 358 g/mol. The van der Waals surface area contributed by atoms with Gasteiger partial charge < -0.3 is 16.0 Å². The number of hydrogen-bond donors (Lipinski definition) is 3. The second-order valence-electron chi connectivity index (χ2n) is 5.19. The van der Waals surface area contributed by atoms with E-state index in [1.165, 1.54) is 29.5 Å². The van der Waals surface area contributed by atoms with E-state index in [0.29, 0.717) is 22.9 Å². The van der Waals surface area contributed by atoms with Crippen LogP contribution < -0.4 is 16.0 Å². The highest BCUT2D eigenvalue weighted by molar-refractivity contribution is 7.22. The summed E-state index contributed by atoms with van der Waals surface area (Å²) in [4.78, 5) is 27.8. The predicted molar refractivity (Wildman–Crippen MR) is 97.6 cm³/mol. The number of amides is 3. The highest BCUT2D eigenvalue weighted by atomic mass is 32.1. The Morgan fingerprint density at radius 1 is 1.08 bits per heavy atom. The number of halogens is 1. The molecule has 3 aromatic rings. The number of hydrogen-bond acceptors (Lipinski definition) is 4. The third-order valence-electron chi connectivity index (χ3n) is 3.30. The number of aromatic nitrogens is 1. The van der Waals surface area contributed by atoms with Crippen molar-refractivity contribution >= 4 is 50.0 Å². The molecule has 0 aliphatic heterocycles. The highest BCUT2D eigenvalue weighted by Gasteiger charge is 2.09. The van der Waals surface area contributed by atoms with Crippen molar-refractivity contribution in [3.63, 3.8) is 0 Å². The van der Waals surface area contributed by atoms with Gasteiger partial charge >= 0.3 is 6.03 Å². The molecule has 3 N–H and O–H groups in total. The summed E-state index contributed by atoms with van der Waals surface area (Å²) in [5.41, 5.74) is 1.66. The van der Waals surface area contributed by atoms with Crippen molar-refractivity contribution in [1.29, 1.82) is 0 Å². The lowest BCUT2D eigenvalue weighted by atomic mass is 10.3. The van der Waals surface area contributed by atoms with Crippen molar-refractivity contribution in [2.45, 2.75) is 13.3 Å². The Morgan fingerprint density at radius 2 is 1.84 bits per heavy atom. The molecule has 3 amide bonds. The van der Waals surface area contributed by atoms with Gasteiger partial charge in [0.2, 0.25) is 5.91 Å². The molecule has 0 unspecified atom stereocenters. The number of benzene rings is 2. The molecule has 0 atom stereocenters. The summed E-state index contributed by atoms with van der Waals surface area (Å²) in [5, 5.41) is 8.47. The Hall–Kier alpha value is -3.00. The average Bonchev–Trinajstić information content (AvgIpc) is 2.96. The fourth-order valence-electron chi connectivity index (χ4n) is 2.12. The van der Waals surface area contributed by atoms with E-state index in [0.717, 1.165) is 10.2 Å². The zero-order chi connectivity index (χ0) is 17.8. The van der Waals surface area contributed by atoms with E-state index in [-0.39, 0.29) is 5.91 Å². The maximum atomic E-state index is 13.1. The van der Waals surface area contributed by atoms with Gasteiger partial charge in [-0.05, 0) is 36.4 Å². The molecule has 0 spiro atoms. The summed E-state index contributed by atoms with van der Waals surface area (Å²) < 4.78 is 14.0. The Morgan fingerprint density at radius 3 is 2.56 bits per heavy atom. The molecule has 25 heavy (non-hydrogen) atoms. The van der Waals surface area contributed by atoms with Crippen LogP contribution in [0.1, 0.15) is 13.3 Å². The van der Waals surface area contributed by atoms with Gasteiger partial charge in [0, 0.05) is 17.8 Å². The Balaban J connectivity index is 1.70. The number of fused-ring (bicyclic) bond motifs is 1. The normalized spacial score (nSPS) is 10.5. The molecular weight excluding hydrogens is 343 g/mol. The van der Waals surface area contributed by atoms with Crippen LogP contribution in [0.15, 0.2) is 42.5 Å². The molecule has 1 heterocycles. The van der Waals surface area contributed by atoms with Crippen LogP contribution in [0.4, 0.5) is 25.7 Å². The number of carbonyl (C=O) groups excluding carboxylic acids is 2. The smallest absolute Gasteiger partial charge is 0.308 e. The van der Waals surface area contributed by atoms with Crippen LogP contribution in [0.2, 0.25) is 0 Å². The highest BCUT2D eigenvalue weighted by Crippen LogP contribution is 2.28. The molecule has 0 fully saturated rings. The summed E-state index contributed by atoms with van der Waals surface area (Å²) in [6, 6.07) is 10.4. The summed E-state index contributed by atoms with van der Waals surface area (Å²) in [6.07, 6.45) is 0.378. The maximum absolute atomic E-state index is 13.1. The molecule has 0 bridgehead atoms. The van der Waals surface area contributed by atoms with Gasteiger partial charge in [-0.2, -0.15) is 0 Å². The molecule has 0 saturated carbocycles. The largest absolute Gasteiger partial charge is 0.323 e. The van der Waals surface area contributed by atoms with Crippen molar-refractivity contribution in [3.8, 4) is 0 Å². The molecule has 0 saturated heterocycles. The topological polar surface area (TPSA) is 83.1 Å². The Labute approximate surface area is 147 Å². The summed E-state index contributed by atoms with van der Waals surface area (Å²) in [5.74, 6) is -0.530. The van der Waals surface area contributed by atoms with Gasteiger partial charge in [-0.25, -0.2) is 14.2 Å². The maximum Gasteiger partial charge on any atom is 0.323 e. The van der Waals surface area contributed by atoms with E-state index in [9.17, 15) is 14.0 Å². The monoisotopic (exact) mass is 358 g/mol. The van der Waals surface area contributed by atoms with Gasteiger partial charge in [-0.3, -0.25) is 4.79 Å². The molecule has 6 nitrogen and oxygen atoms in total. The lowest BCUT2D eigenvalue weighted by Gasteiger charge is -2.07. The van der Waals surface area contributed by atoms with Gasteiger partial charge in [0.1, 0.15) is 5.82 Å². The lowest BCUT2D eigenvalue weighted by molar-refractivity contribution is -0.115. The summed E-state index contributed by atoms with van der Waals surface area (Å²) in [7, 11) is 0. The van der Waals surface area contributed by atoms with Gasteiger partial charge in [0.15, 0.2) is 5.13 Å². The van der Waals surface area contributed by atoms with Gasteiger partial charge in [-0.1, -0.05) is 24.3 Å². The van der Waals surface area contributed by atoms with Crippen molar-refractivity contribution in [1.82, 2.24) is 4.98 Å². The van der Waals surface area contributed by atoms with E-state index >= 15 is 0 Å². The number of urea groups is 1. The molecule has 0 aliphatic carbocycles. The quantitative estimate of drug-likeness (QED) is 0.645. The first-order valence-corrected chi connectivity index (χ1v) is 8.39. The molecule has 1 aromatic heterocycles. The SMILES string of the molecule is CCC(=O)Nc1nc2ccc(NC(=O)Nc3cccc(F)c3)cc2s1. The third-order valence-corrected chi connectivity index (χ3v) is 4.23. The van der Waals surface area contributed by atoms with Crippen LogP contribution in [0.5, 0.6) is 0 Å². The number of thiazole rings is 1. The van der Waals surface area contributed by atoms with Crippen LogP contribution in [0, 0.1) is 5.82 Å². The summed E-state index contributed by atoms with van der Waals surface area (Å²) in [6.45, 7) is 1.77. The fraction of sp³-hybridized carbons (Fsp3) is 0.118. The zero-order valence-electron chi connectivity index (χ0n) is 13.3. The van der Waals surface area contributed by atoms with Crippen LogP contribution in [0.3, 0.4) is 0 Å². The lowest BCUT2D eigenvalue weighted by Crippen LogP contribution is -2.19. The number of nitrogens with zero attached hydrogens (tertiary/aromatic N) is 1. The molecule has 0 radical (unpaired) electrons. The van der Waals surface area contributed by atoms with Crippen molar-refractivity contribution < 1.29 is 14.0 Å². The predicted octanol–water partition coefficient (Wildman–Crippen LogP) is 4.43. The van der Waals surface area contributed by atoms with Gasteiger partial charge in [0.05, 0.1) is 10.2 Å². The molecular formula is C17H15FN4O2S. The Bertz CT molecular complexity index is 941. The standard InChI is InChI=1S/C17H15FN4O2S/c1-2-15(23)22-17-21-13-7-6-12(9-14(13)25-17)20-16(24)19-11-5-3-4-10(18)8-11/h3-9H,2H2,1H3,(H2,19,20,24)(H,21,22,23). The minimum Gasteiger partial charge on any atom is -0.308 e. The minimum atomic E-state index is -0.478. The zero-order valence-corrected chi connectivity index (χ0v) is 14.1. The van der Waals surface area contributed by atoms with Crippen LogP contribution in [-0.4, -0.2) is 16.9 Å². The van der Waals surface area contributed by atoms with E-state index < -0.39 is 11.8 Å². The fourth-order valence-corrected chi connectivity index (χ4v) is 3.04. The second-order valence-corrected chi connectivity index (χ2v) is 6.22.